The second kappa shape index (κ2) is 8.79. The Morgan fingerprint density at radius 1 is 1.53 bits per heavy atom. The van der Waals surface area contributed by atoms with E-state index in [1.54, 1.807) is 0 Å². The van der Waals surface area contributed by atoms with Gasteiger partial charge >= 0.3 is 0 Å². The minimum Gasteiger partial charge on any atom is -0.356 e. The van der Waals surface area contributed by atoms with Crippen LogP contribution in [-0.2, 0) is 6.42 Å². The van der Waals surface area contributed by atoms with Gasteiger partial charge in [0.15, 0.2) is 5.96 Å². The summed E-state index contributed by atoms with van der Waals surface area (Å²) in [6.45, 7) is 2.10. The van der Waals surface area contributed by atoms with Gasteiger partial charge in [0.25, 0.3) is 0 Å². The first kappa shape index (κ1) is 16.8. The summed E-state index contributed by atoms with van der Waals surface area (Å²) < 4.78 is 0. The van der Waals surface area contributed by atoms with Crippen molar-refractivity contribution < 1.29 is 0 Å². The van der Waals surface area contributed by atoms with Crippen LogP contribution in [0.2, 0.25) is 0 Å². The van der Waals surface area contributed by atoms with Crippen LogP contribution in [0.3, 0.4) is 0 Å². The maximum absolute atomic E-state index is 4.35. The highest BCUT2D eigenvalue weighted by Crippen LogP contribution is 2.25. The lowest BCUT2D eigenvalue weighted by atomic mass is 9.85. The zero-order valence-electron chi connectivity index (χ0n) is 11.8. The Kier molecular flexibility index (Phi) is 7.75. The summed E-state index contributed by atoms with van der Waals surface area (Å²) in [5.74, 6) is 1.89. The van der Waals surface area contributed by atoms with Crippen LogP contribution in [0.25, 0.3) is 0 Å². The average molecular weight is 393 g/mol. The van der Waals surface area contributed by atoms with E-state index in [1.807, 2.05) is 18.4 Å². The molecular formula is C14H24IN3S. The highest BCUT2D eigenvalue weighted by Gasteiger charge is 2.18. The van der Waals surface area contributed by atoms with E-state index in [0.29, 0.717) is 0 Å². The molecular weight excluding hydrogens is 369 g/mol. The normalized spacial score (nSPS) is 15.6. The maximum Gasteiger partial charge on any atom is 0.193 e. The van der Waals surface area contributed by atoms with Crippen molar-refractivity contribution in [2.24, 2.45) is 10.9 Å². The first-order chi connectivity index (χ1) is 8.79. The van der Waals surface area contributed by atoms with E-state index < -0.39 is 0 Å². The molecule has 5 heteroatoms. The van der Waals surface area contributed by atoms with Crippen LogP contribution in [0.5, 0.6) is 0 Å². The number of nitrogens with one attached hydrogen (secondary N) is 1. The molecule has 108 valence electrons. The first-order valence-corrected chi connectivity index (χ1v) is 7.61. The molecule has 0 aliphatic heterocycles. The topological polar surface area (TPSA) is 27.6 Å². The molecule has 3 nitrogen and oxygen atoms in total. The molecule has 1 aliphatic rings. The Hall–Kier alpha value is -0.300. The predicted molar refractivity (Wildman–Crippen MR) is 94.8 cm³/mol. The van der Waals surface area contributed by atoms with Crippen LogP contribution in [0.4, 0.5) is 0 Å². The number of halogens is 1. The minimum absolute atomic E-state index is 0. The zero-order chi connectivity index (χ0) is 12.8. The Labute approximate surface area is 137 Å². The predicted octanol–water partition coefficient (Wildman–Crippen LogP) is 3.22. The van der Waals surface area contributed by atoms with Gasteiger partial charge in [-0.15, -0.1) is 35.3 Å². The lowest BCUT2D eigenvalue weighted by molar-refractivity contribution is 0.311. The van der Waals surface area contributed by atoms with E-state index in [1.165, 1.54) is 24.1 Å². The molecule has 1 heterocycles. The highest BCUT2D eigenvalue weighted by atomic mass is 127. The van der Waals surface area contributed by atoms with E-state index in [-0.39, 0.29) is 24.0 Å². The monoisotopic (exact) mass is 393 g/mol. The van der Waals surface area contributed by atoms with Gasteiger partial charge in [-0.3, -0.25) is 4.99 Å². The van der Waals surface area contributed by atoms with Gasteiger partial charge in [0.1, 0.15) is 0 Å². The molecule has 0 amide bonds. The summed E-state index contributed by atoms with van der Waals surface area (Å²) in [6.07, 6.45) is 5.25. The summed E-state index contributed by atoms with van der Waals surface area (Å²) in [6, 6.07) is 4.31. The Bertz CT molecular complexity index is 374. The third-order valence-electron chi connectivity index (χ3n) is 3.62. The minimum atomic E-state index is 0. The third kappa shape index (κ3) is 5.30. The van der Waals surface area contributed by atoms with E-state index in [4.69, 9.17) is 0 Å². The van der Waals surface area contributed by atoms with Crippen molar-refractivity contribution in [3.8, 4) is 0 Å². The second-order valence-corrected chi connectivity index (χ2v) is 6.01. The van der Waals surface area contributed by atoms with Gasteiger partial charge in [0.05, 0.1) is 0 Å². The Morgan fingerprint density at radius 3 is 2.84 bits per heavy atom. The number of thiophene rings is 1. The molecule has 2 rings (SSSR count). The van der Waals surface area contributed by atoms with Gasteiger partial charge in [-0.05, 0) is 36.6 Å². The standard InChI is InChI=1S/C14H23N3S.HI/c1-15-14(16-11-12-5-3-6-12)17(2)9-8-13-7-4-10-18-13;/h4,7,10,12H,3,5-6,8-9,11H2,1-2H3,(H,15,16);1H. The van der Waals surface area contributed by atoms with Gasteiger partial charge in [-0.2, -0.15) is 0 Å². The number of aliphatic imine (C=N–C) groups is 1. The summed E-state index contributed by atoms with van der Waals surface area (Å²) in [5, 5.41) is 5.62. The van der Waals surface area contributed by atoms with Gasteiger partial charge in [0, 0.05) is 32.1 Å². The van der Waals surface area contributed by atoms with Crippen molar-refractivity contribution in [3.63, 3.8) is 0 Å². The lowest BCUT2D eigenvalue weighted by Crippen LogP contribution is -2.42. The van der Waals surface area contributed by atoms with E-state index in [9.17, 15) is 0 Å². The number of likely N-dealkylation sites (N-methyl/N-ethyl adjacent to an activating group) is 1. The van der Waals surface area contributed by atoms with E-state index in [0.717, 1.165) is 31.4 Å². The number of guanidine groups is 1. The van der Waals surface area contributed by atoms with Crippen molar-refractivity contribution in [1.82, 2.24) is 10.2 Å². The smallest absolute Gasteiger partial charge is 0.193 e. The summed E-state index contributed by atoms with van der Waals surface area (Å²) >= 11 is 1.83. The fraction of sp³-hybridized carbons (Fsp3) is 0.643. The van der Waals surface area contributed by atoms with Gasteiger partial charge in [0.2, 0.25) is 0 Å². The van der Waals surface area contributed by atoms with Gasteiger partial charge < -0.3 is 10.2 Å². The van der Waals surface area contributed by atoms with Crippen LogP contribution < -0.4 is 5.32 Å². The fourth-order valence-corrected chi connectivity index (χ4v) is 2.85. The molecule has 0 bridgehead atoms. The molecule has 1 aromatic heterocycles. The van der Waals surface area contributed by atoms with Crippen molar-refractivity contribution in [2.45, 2.75) is 25.7 Å². The second-order valence-electron chi connectivity index (χ2n) is 4.98. The molecule has 1 saturated carbocycles. The molecule has 0 unspecified atom stereocenters. The van der Waals surface area contributed by atoms with Crippen LogP contribution in [0.15, 0.2) is 22.5 Å². The summed E-state index contributed by atoms with van der Waals surface area (Å²) in [5.41, 5.74) is 0. The number of rotatable bonds is 5. The molecule has 0 aromatic carbocycles. The van der Waals surface area contributed by atoms with Crippen molar-refractivity contribution in [3.05, 3.63) is 22.4 Å². The van der Waals surface area contributed by atoms with E-state index in [2.05, 4.69) is 39.8 Å². The van der Waals surface area contributed by atoms with Crippen LogP contribution in [0.1, 0.15) is 24.1 Å². The zero-order valence-corrected chi connectivity index (χ0v) is 14.9. The molecule has 0 saturated heterocycles. The van der Waals surface area contributed by atoms with Gasteiger partial charge in [-0.25, -0.2) is 0 Å². The highest BCUT2D eigenvalue weighted by molar-refractivity contribution is 14.0. The molecule has 1 aromatic rings. The third-order valence-corrected chi connectivity index (χ3v) is 4.56. The van der Waals surface area contributed by atoms with Crippen LogP contribution in [0, 0.1) is 5.92 Å². The quantitative estimate of drug-likeness (QED) is 0.473. The van der Waals surface area contributed by atoms with Gasteiger partial charge in [-0.1, -0.05) is 12.5 Å². The summed E-state index contributed by atoms with van der Waals surface area (Å²) in [7, 11) is 3.98. The largest absolute Gasteiger partial charge is 0.356 e. The molecule has 0 atom stereocenters. The van der Waals surface area contributed by atoms with Crippen molar-refractivity contribution in [2.75, 3.05) is 27.2 Å². The van der Waals surface area contributed by atoms with Crippen molar-refractivity contribution in [1.29, 1.82) is 0 Å². The average Bonchev–Trinajstić information content (AvgIpc) is 2.82. The first-order valence-electron chi connectivity index (χ1n) is 6.73. The molecule has 1 N–H and O–H groups in total. The lowest BCUT2D eigenvalue weighted by Gasteiger charge is -2.28. The number of nitrogens with zero attached hydrogens (tertiary/aromatic N) is 2. The Balaban J connectivity index is 0.00000180. The molecule has 1 fully saturated rings. The van der Waals surface area contributed by atoms with Crippen LogP contribution >= 0.6 is 35.3 Å². The Morgan fingerprint density at radius 2 is 2.32 bits per heavy atom. The molecule has 19 heavy (non-hydrogen) atoms. The maximum atomic E-state index is 4.35. The number of hydrogen-bond acceptors (Lipinski definition) is 2. The SMILES string of the molecule is CN=C(NCC1CCC1)N(C)CCc1cccs1.I. The fourth-order valence-electron chi connectivity index (χ4n) is 2.16. The van der Waals surface area contributed by atoms with Crippen LogP contribution in [-0.4, -0.2) is 38.0 Å². The molecule has 0 radical (unpaired) electrons. The number of hydrogen-bond donors (Lipinski definition) is 1. The van der Waals surface area contributed by atoms with E-state index >= 15 is 0 Å². The summed E-state index contributed by atoms with van der Waals surface area (Å²) in [4.78, 5) is 8.01. The molecule has 1 aliphatic carbocycles. The van der Waals surface area contributed by atoms with Crippen molar-refractivity contribution >= 4 is 41.3 Å². The molecule has 0 spiro atoms.